The average Bonchev–Trinajstić information content (AvgIpc) is 2.77. The number of fused-ring (bicyclic) bond motifs is 1. The summed E-state index contributed by atoms with van der Waals surface area (Å²) >= 11 is 0. The van der Waals surface area contributed by atoms with E-state index in [1.54, 1.807) is 0 Å². The molecule has 2 aromatic carbocycles. The summed E-state index contributed by atoms with van der Waals surface area (Å²) in [6, 6.07) is 12.8. The molecule has 0 bridgehead atoms. The Hall–Kier alpha value is -4.22. The molecule has 0 saturated carbocycles. The minimum absolute atomic E-state index is 0.0974. The fourth-order valence-electron chi connectivity index (χ4n) is 3.69. The van der Waals surface area contributed by atoms with Gasteiger partial charge in [-0.05, 0) is 42.0 Å². The van der Waals surface area contributed by atoms with Crippen molar-refractivity contribution >= 4 is 23.0 Å². The SMILES string of the molecule is O=C(Cc1cccc(OC(F)(F)F)c1)C1=C(O)c2cccnc2N(c2cccc(OC(F)(F)F)c2)C1. The Bertz CT molecular complexity index is 1320. The van der Waals surface area contributed by atoms with E-state index in [9.17, 15) is 36.2 Å². The van der Waals surface area contributed by atoms with Crippen molar-refractivity contribution in [3.05, 3.63) is 83.6 Å². The van der Waals surface area contributed by atoms with Gasteiger partial charge < -0.3 is 19.5 Å². The van der Waals surface area contributed by atoms with E-state index in [1.165, 1.54) is 47.5 Å². The number of pyridine rings is 1. The third-order valence-corrected chi connectivity index (χ3v) is 5.10. The van der Waals surface area contributed by atoms with E-state index in [4.69, 9.17) is 0 Å². The lowest BCUT2D eigenvalue weighted by atomic mass is 9.96. The predicted molar refractivity (Wildman–Crippen MR) is 116 cm³/mol. The van der Waals surface area contributed by atoms with Crippen LogP contribution in [0.15, 0.2) is 72.4 Å². The molecule has 6 nitrogen and oxygen atoms in total. The van der Waals surface area contributed by atoms with Gasteiger partial charge in [-0.15, -0.1) is 26.3 Å². The Balaban J connectivity index is 1.65. The average molecular weight is 510 g/mol. The number of benzene rings is 2. The van der Waals surface area contributed by atoms with Gasteiger partial charge in [-0.2, -0.15) is 0 Å². The van der Waals surface area contributed by atoms with Gasteiger partial charge in [0.1, 0.15) is 23.1 Å². The summed E-state index contributed by atoms with van der Waals surface area (Å²) in [5.41, 5.74) is 0.462. The molecule has 4 rings (SSSR count). The van der Waals surface area contributed by atoms with Crippen LogP contribution in [0, 0.1) is 0 Å². The first kappa shape index (κ1) is 24.9. The van der Waals surface area contributed by atoms with E-state index >= 15 is 0 Å². The molecule has 1 aliphatic rings. The van der Waals surface area contributed by atoms with Gasteiger partial charge in [-0.1, -0.05) is 18.2 Å². The van der Waals surface area contributed by atoms with Gasteiger partial charge in [0, 0.05) is 24.4 Å². The molecule has 188 valence electrons. The normalized spacial score (nSPS) is 13.9. The number of ether oxygens (including phenoxy) is 2. The van der Waals surface area contributed by atoms with Crippen LogP contribution in [0.2, 0.25) is 0 Å². The molecule has 0 atom stereocenters. The van der Waals surface area contributed by atoms with E-state index in [-0.39, 0.29) is 46.9 Å². The Morgan fingerprint density at radius 1 is 0.917 bits per heavy atom. The van der Waals surface area contributed by atoms with Gasteiger partial charge in [0.15, 0.2) is 5.78 Å². The van der Waals surface area contributed by atoms with Gasteiger partial charge in [0.05, 0.1) is 17.7 Å². The van der Waals surface area contributed by atoms with Crippen molar-refractivity contribution < 1.29 is 45.7 Å². The second kappa shape index (κ2) is 9.44. The number of halogens is 6. The molecule has 36 heavy (non-hydrogen) atoms. The number of aliphatic hydroxyl groups is 1. The number of hydrogen-bond donors (Lipinski definition) is 1. The van der Waals surface area contributed by atoms with Crippen LogP contribution in [0.25, 0.3) is 5.76 Å². The fraction of sp³-hybridized carbons (Fsp3) is 0.167. The summed E-state index contributed by atoms with van der Waals surface area (Å²) in [4.78, 5) is 18.7. The molecule has 0 spiro atoms. The molecule has 0 unspecified atom stereocenters. The molecule has 0 fully saturated rings. The van der Waals surface area contributed by atoms with Crippen molar-refractivity contribution in [2.24, 2.45) is 0 Å². The number of Topliss-reactive ketones (excluding diaryl/α,β-unsaturated/α-hetero) is 1. The summed E-state index contributed by atoms with van der Waals surface area (Å²) in [5, 5.41) is 10.8. The van der Waals surface area contributed by atoms with E-state index in [1.807, 2.05) is 0 Å². The maximum Gasteiger partial charge on any atom is 0.573 e. The molecule has 0 amide bonds. The third kappa shape index (κ3) is 5.88. The first-order valence-electron chi connectivity index (χ1n) is 10.3. The number of carbonyl (C=O) groups excluding carboxylic acids is 1. The summed E-state index contributed by atoms with van der Waals surface area (Å²) in [5.74, 6) is -1.81. The Kier molecular flexibility index (Phi) is 6.53. The van der Waals surface area contributed by atoms with Crippen molar-refractivity contribution in [2.45, 2.75) is 19.1 Å². The zero-order valence-corrected chi connectivity index (χ0v) is 18.1. The highest BCUT2D eigenvalue weighted by molar-refractivity contribution is 6.05. The van der Waals surface area contributed by atoms with Crippen LogP contribution in [0.5, 0.6) is 11.5 Å². The standard InChI is InChI=1S/C24H16F6N2O4/c25-23(26,27)35-16-6-1-4-14(10-16)11-20(33)19-13-32(22-18(21(19)34)8-3-9-31-22)15-5-2-7-17(12-15)36-24(28,29)30/h1-10,12,34H,11,13H2. The van der Waals surface area contributed by atoms with Gasteiger partial charge >= 0.3 is 12.7 Å². The summed E-state index contributed by atoms with van der Waals surface area (Å²) in [6.07, 6.45) is -8.78. The van der Waals surface area contributed by atoms with Crippen LogP contribution in [0.1, 0.15) is 11.1 Å². The largest absolute Gasteiger partial charge is 0.573 e. The fourth-order valence-corrected chi connectivity index (χ4v) is 3.69. The summed E-state index contributed by atoms with van der Waals surface area (Å²) in [7, 11) is 0. The topological polar surface area (TPSA) is 71.9 Å². The van der Waals surface area contributed by atoms with Crippen molar-refractivity contribution in [2.75, 3.05) is 11.4 Å². The smallest absolute Gasteiger partial charge is 0.507 e. The van der Waals surface area contributed by atoms with E-state index in [0.717, 1.165) is 24.3 Å². The van der Waals surface area contributed by atoms with Gasteiger partial charge in [-0.3, -0.25) is 4.79 Å². The molecule has 12 heteroatoms. The van der Waals surface area contributed by atoms with Crippen molar-refractivity contribution in [3.8, 4) is 11.5 Å². The lowest BCUT2D eigenvalue weighted by Crippen LogP contribution is -2.30. The van der Waals surface area contributed by atoms with E-state index in [0.29, 0.717) is 0 Å². The van der Waals surface area contributed by atoms with Crippen LogP contribution >= 0.6 is 0 Å². The lowest BCUT2D eigenvalue weighted by Gasteiger charge is -2.31. The number of nitrogens with zero attached hydrogens (tertiary/aromatic N) is 2. The highest BCUT2D eigenvalue weighted by Gasteiger charge is 2.33. The van der Waals surface area contributed by atoms with Crippen molar-refractivity contribution in [1.82, 2.24) is 4.98 Å². The number of hydrogen-bond acceptors (Lipinski definition) is 6. The molecule has 1 aliphatic heterocycles. The molecule has 2 heterocycles. The number of aromatic nitrogens is 1. The van der Waals surface area contributed by atoms with Gasteiger partial charge in [0.25, 0.3) is 0 Å². The molecule has 0 aliphatic carbocycles. The quantitative estimate of drug-likeness (QED) is 0.404. The lowest BCUT2D eigenvalue weighted by molar-refractivity contribution is -0.275. The number of carbonyl (C=O) groups is 1. The second-order valence-corrected chi connectivity index (χ2v) is 7.63. The van der Waals surface area contributed by atoms with Gasteiger partial charge in [0.2, 0.25) is 0 Å². The Morgan fingerprint density at radius 3 is 2.22 bits per heavy atom. The molecule has 0 radical (unpaired) electrons. The van der Waals surface area contributed by atoms with Crippen LogP contribution in [0.4, 0.5) is 37.8 Å². The summed E-state index contributed by atoms with van der Waals surface area (Å²) in [6.45, 7) is -0.261. The van der Waals surface area contributed by atoms with E-state index in [2.05, 4.69) is 14.5 Å². The molecular weight excluding hydrogens is 494 g/mol. The van der Waals surface area contributed by atoms with Crippen LogP contribution in [-0.2, 0) is 11.2 Å². The third-order valence-electron chi connectivity index (χ3n) is 5.10. The molecule has 0 saturated heterocycles. The number of aliphatic hydroxyl groups excluding tert-OH is 1. The number of ketones is 1. The zero-order valence-electron chi connectivity index (χ0n) is 18.1. The monoisotopic (exact) mass is 510 g/mol. The van der Waals surface area contributed by atoms with Crippen LogP contribution in [0.3, 0.4) is 0 Å². The maximum atomic E-state index is 13.1. The van der Waals surface area contributed by atoms with Crippen LogP contribution in [-0.4, -0.2) is 35.1 Å². The second-order valence-electron chi connectivity index (χ2n) is 7.63. The van der Waals surface area contributed by atoms with Crippen molar-refractivity contribution in [3.63, 3.8) is 0 Å². The molecule has 1 N–H and O–H groups in total. The first-order chi connectivity index (χ1) is 16.9. The summed E-state index contributed by atoms with van der Waals surface area (Å²) < 4.78 is 83.5. The van der Waals surface area contributed by atoms with Crippen LogP contribution < -0.4 is 14.4 Å². The minimum Gasteiger partial charge on any atom is -0.507 e. The Morgan fingerprint density at radius 2 is 1.56 bits per heavy atom. The highest BCUT2D eigenvalue weighted by atomic mass is 19.4. The number of rotatable bonds is 6. The maximum absolute atomic E-state index is 13.1. The van der Waals surface area contributed by atoms with Gasteiger partial charge in [-0.25, -0.2) is 4.98 Å². The first-order valence-corrected chi connectivity index (χ1v) is 10.3. The number of anilines is 2. The highest BCUT2D eigenvalue weighted by Crippen LogP contribution is 2.38. The molecule has 1 aromatic heterocycles. The number of alkyl halides is 6. The zero-order chi connectivity index (χ0) is 26.1. The Labute approximate surface area is 200 Å². The van der Waals surface area contributed by atoms with Crippen molar-refractivity contribution in [1.29, 1.82) is 0 Å². The predicted octanol–water partition coefficient (Wildman–Crippen LogP) is 6.11. The molecule has 3 aromatic rings. The molecular formula is C24H16F6N2O4. The minimum atomic E-state index is -4.92. The van der Waals surface area contributed by atoms with E-state index < -0.39 is 30.0 Å².